The van der Waals surface area contributed by atoms with Crippen molar-refractivity contribution in [2.75, 3.05) is 20.8 Å². The van der Waals surface area contributed by atoms with Gasteiger partial charge in [-0.25, -0.2) is 0 Å². The van der Waals surface area contributed by atoms with Gasteiger partial charge in [-0.3, -0.25) is 0 Å². The molecular formula is C15H30O5. The van der Waals surface area contributed by atoms with Crippen molar-refractivity contribution in [1.29, 1.82) is 0 Å². The Kier molecular flexibility index (Phi) is 7.40. The van der Waals surface area contributed by atoms with Gasteiger partial charge in [0.25, 0.3) is 0 Å². The van der Waals surface area contributed by atoms with Crippen LogP contribution in [0.3, 0.4) is 0 Å². The van der Waals surface area contributed by atoms with Crippen molar-refractivity contribution in [3.8, 4) is 0 Å². The Hall–Kier alpha value is -0.200. The highest BCUT2D eigenvalue weighted by atomic mass is 16.6. The Balaban J connectivity index is 2.82. The summed E-state index contributed by atoms with van der Waals surface area (Å²) in [5.74, 6) is 0.467. The largest absolute Gasteiger partial charge is 0.388 e. The number of methoxy groups -OCH3 is 2. The quantitative estimate of drug-likeness (QED) is 0.772. The summed E-state index contributed by atoms with van der Waals surface area (Å²) < 4.78 is 22.8. The number of hydrogen-bond acceptors (Lipinski definition) is 5. The Morgan fingerprint density at radius 1 is 1.15 bits per heavy atom. The Morgan fingerprint density at radius 2 is 1.75 bits per heavy atom. The molecule has 0 spiro atoms. The molecule has 6 atom stereocenters. The lowest BCUT2D eigenvalue weighted by atomic mass is 9.91. The summed E-state index contributed by atoms with van der Waals surface area (Å²) in [5.41, 5.74) is 0. The average Bonchev–Trinajstić information content (AvgIpc) is 2.42. The van der Waals surface area contributed by atoms with Crippen LogP contribution in [0.25, 0.3) is 0 Å². The van der Waals surface area contributed by atoms with E-state index in [1.165, 1.54) is 0 Å². The summed E-state index contributed by atoms with van der Waals surface area (Å²) in [5, 5.41) is 10.2. The molecule has 1 N–H and O–H groups in total. The summed E-state index contributed by atoms with van der Waals surface area (Å²) in [6.45, 7) is 8.84. The van der Waals surface area contributed by atoms with Crippen molar-refractivity contribution in [2.45, 2.75) is 70.7 Å². The SMILES string of the molecule is CCC(OCC(C)C)[C@@H]1OC(C)[C@@H](O)[C@H](OC)C1OC. The van der Waals surface area contributed by atoms with E-state index in [9.17, 15) is 5.11 Å². The second kappa shape index (κ2) is 8.29. The minimum Gasteiger partial charge on any atom is -0.388 e. The maximum atomic E-state index is 10.2. The molecule has 0 amide bonds. The van der Waals surface area contributed by atoms with E-state index in [1.807, 2.05) is 6.92 Å². The van der Waals surface area contributed by atoms with Crippen LogP contribution in [-0.2, 0) is 18.9 Å². The minimum atomic E-state index is -0.691. The fourth-order valence-corrected chi connectivity index (χ4v) is 2.66. The molecule has 0 bridgehead atoms. The maximum Gasteiger partial charge on any atom is 0.115 e. The van der Waals surface area contributed by atoms with Crippen molar-refractivity contribution < 1.29 is 24.1 Å². The van der Waals surface area contributed by atoms with E-state index >= 15 is 0 Å². The number of hydrogen-bond donors (Lipinski definition) is 1. The van der Waals surface area contributed by atoms with Crippen molar-refractivity contribution >= 4 is 0 Å². The van der Waals surface area contributed by atoms with Crippen LogP contribution in [-0.4, -0.2) is 62.6 Å². The average molecular weight is 290 g/mol. The topological polar surface area (TPSA) is 57.2 Å². The van der Waals surface area contributed by atoms with Gasteiger partial charge in [-0.2, -0.15) is 0 Å². The standard InChI is InChI=1S/C15H30O5/c1-7-11(19-8-9(2)3)13-15(18-6)14(17-5)12(16)10(4)20-13/h9-16H,7-8H2,1-6H3/t10?,11?,12-,13+,14+,15?/m1/s1. The first-order chi connectivity index (χ1) is 9.46. The van der Waals surface area contributed by atoms with E-state index < -0.39 is 12.2 Å². The van der Waals surface area contributed by atoms with Crippen molar-refractivity contribution in [3.05, 3.63) is 0 Å². The molecule has 0 aromatic rings. The third-order valence-corrected chi connectivity index (χ3v) is 3.79. The van der Waals surface area contributed by atoms with Gasteiger partial charge in [0.2, 0.25) is 0 Å². The van der Waals surface area contributed by atoms with Crippen LogP contribution in [0.2, 0.25) is 0 Å². The molecule has 0 saturated carbocycles. The highest BCUT2D eigenvalue weighted by molar-refractivity contribution is 4.95. The van der Waals surface area contributed by atoms with Gasteiger partial charge in [0.1, 0.15) is 24.4 Å². The van der Waals surface area contributed by atoms with Crippen LogP contribution < -0.4 is 0 Å². The summed E-state index contributed by atoms with van der Waals surface area (Å²) in [6.07, 6.45) is -1.18. The van der Waals surface area contributed by atoms with E-state index in [1.54, 1.807) is 14.2 Å². The molecule has 0 aromatic heterocycles. The van der Waals surface area contributed by atoms with E-state index in [0.29, 0.717) is 12.5 Å². The number of aliphatic hydroxyl groups excluding tert-OH is 1. The van der Waals surface area contributed by atoms with Crippen LogP contribution >= 0.6 is 0 Å². The van der Waals surface area contributed by atoms with E-state index in [0.717, 1.165) is 6.42 Å². The molecule has 20 heavy (non-hydrogen) atoms. The summed E-state index contributed by atoms with van der Waals surface area (Å²) >= 11 is 0. The Morgan fingerprint density at radius 3 is 2.20 bits per heavy atom. The highest BCUT2D eigenvalue weighted by Crippen LogP contribution is 2.29. The molecule has 1 aliphatic rings. The predicted molar refractivity (Wildman–Crippen MR) is 76.8 cm³/mol. The summed E-state index contributed by atoms with van der Waals surface area (Å²) in [7, 11) is 3.20. The highest BCUT2D eigenvalue weighted by Gasteiger charge is 2.47. The van der Waals surface area contributed by atoms with Gasteiger partial charge in [0, 0.05) is 20.8 Å². The first kappa shape index (κ1) is 17.9. The summed E-state index contributed by atoms with van der Waals surface area (Å²) in [6, 6.07) is 0. The van der Waals surface area contributed by atoms with Gasteiger partial charge in [-0.05, 0) is 19.3 Å². The lowest BCUT2D eigenvalue weighted by Crippen LogP contribution is -2.61. The molecule has 1 fully saturated rings. The van der Waals surface area contributed by atoms with Crippen LogP contribution in [0.5, 0.6) is 0 Å². The second-order valence-electron chi connectivity index (χ2n) is 5.87. The molecule has 5 heteroatoms. The molecule has 0 radical (unpaired) electrons. The molecule has 1 rings (SSSR count). The van der Waals surface area contributed by atoms with E-state index in [4.69, 9.17) is 18.9 Å². The van der Waals surface area contributed by atoms with Crippen LogP contribution in [0.4, 0.5) is 0 Å². The molecule has 0 aromatic carbocycles. The second-order valence-corrected chi connectivity index (χ2v) is 5.87. The number of ether oxygens (including phenoxy) is 4. The van der Waals surface area contributed by atoms with Gasteiger partial charge >= 0.3 is 0 Å². The number of aliphatic hydroxyl groups is 1. The molecule has 0 aliphatic carbocycles. The van der Waals surface area contributed by atoms with Gasteiger partial charge in [-0.1, -0.05) is 20.8 Å². The molecule has 3 unspecified atom stereocenters. The van der Waals surface area contributed by atoms with Crippen molar-refractivity contribution in [2.24, 2.45) is 5.92 Å². The molecular weight excluding hydrogens is 260 g/mol. The first-order valence-electron chi connectivity index (χ1n) is 7.46. The van der Waals surface area contributed by atoms with Crippen molar-refractivity contribution in [1.82, 2.24) is 0 Å². The third kappa shape index (κ3) is 4.15. The van der Waals surface area contributed by atoms with Gasteiger partial charge in [0.15, 0.2) is 0 Å². The zero-order valence-corrected chi connectivity index (χ0v) is 13.5. The molecule has 5 nitrogen and oxygen atoms in total. The Bertz CT molecular complexity index is 271. The normalized spacial score (nSPS) is 36.3. The minimum absolute atomic E-state index is 0.0602. The van der Waals surface area contributed by atoms with E-state index in [2.05, 4.69) is 20.8 Å². The fourth-order valence-electron chi connectivity index (χ4n) is 2.66. The van der Waals surface area contributed by atoms with Crippen LogP contribution in [0, 0.1) is 5.92 Å². The lowest BCUT2D eigenvalue weighted by molar-refractivity contribution is -0.256. The molecule has 1 saturated heterocycles. The molecule has 1 heterocycles. The maximum absolute atomic E-state index is 10.2. The zero-order valence-electron chi connectivity index (χ0n) is 13.5. The molecule has 120 valence electrons. The number of rotatable bonds is 7. The smallest absolute Gasteiger partial charge is 0.115 e. The predicted octanol–water partition coefficient (Wildman–Crippen LogP) is 1.62. The van der Waals surface area contributed by atoms with E-state index in [-0.39, 0.29) is 24.4 Å². The third-order valence-electron chi connectivity index (χ3n) is 3.79. The zero-order chi connectivity index (χ0) is 15.3. The lowest BCUT2D eigenvalue weighted by Gasteiger charge is -2.45. The first-order valence-corrected chi connectivity index (χ1v) is 7.46. The van der Waals surface area contributed by atoms with Gasteiger partial charge in [-0.15, -0.1) is 0 Å². The van der Waals surface area contributed by atoms with Crippen LogP contribution in [0.15, 0.2) is 0 Å². The molecule has 1 aliphatic heterocycles. The fraction of sp³-hybridized carbons (Fsp3) is 1.00. The van der Waals surface area contributed by atoms with Crippen molar-refractivity contribution in [3.63, 3.8) is 0 Å². The van der Waals surface area contributed by atoms with Crippen LogP contribution in [0.1, 0.15) is 34.1 Å². The van der Waals surface area contributed by atoms with Gasteiger partial charge < -0.3 is 24.1 Å². The Labute approximate surface area is 122 Å². The monoisotopic (exact) mass is 290 g/mol. The van der Waals surface area contributed by atoms with Gasteiger partial charge in [0.05, 0.1) is 12.2 Å². The summed E-state index contributed by atoms with van der Waals surface area (Å²) in [4.78, 5) is 0.